The molecule has 0 bridgehead atoms. The number of hydrogen-bond donors (Lipinski definition) is 0. The highest BCUT2D eigenvalue weighted by atomic mass is 32.2. The first kappa shape index (κ1) is 19.4. The summed E-state index contributed by atoms with van der Waals surface area (Å²) in [5.41, 5.74) is 2.37. The Balaban J connectivity index is 1.57. The van der Waals surface area contributed by atoms with Gasteiger partial charge in [-0.25, -0.2) is 21.6 Å². The molecule has 2 heterocycles. The standard InChI is InChI=1S/C20H21F3N2O2S/c21-17-6-3-7-19(10-17)28(26,27)25-14-20(22,23)11-18(25)13-24-9-8-15-4-1-2-5-16(15)12-24/h1-7,10,18H,8-9,11-14H2/t18-/m0/s1. The van der Waals surface area contributed by atoms with E-state index in [2.05, 4.69) is 6.07 Å². The van der Waals surface area contributed by atoms with Crippen molar-refractivity contribution >= 4 is 10.0 Å². The third-order valence-electron chi connectivity index (χ3n) is 5.41. The Bertz CT molecular complexity index is 981. The van der Waals surface area contributed by atoms with Crippen LogP contribution in [0.2, 0.25) is 0 Å². The highest BCUT2D eigenvalue weighted by Gasteiger charge is 2.50. The maximum atomic E-state index is 14.2. The summed E-state index contributed by atoms with van der Waals surface area (Å²) < 4.78 is 68.6. The first-order valence-electron chi connectivity index (χ1n) is 9.19. The van der Waals surface area contributed by atoms with E-state index < -0.39 is 40.8 Å². The molecule has 2 aliphatic heterocycles. The first-order chi connectivity index (χ1) is 13.2. The highest BCUT2D eigenvalue weighted by Crippen LogP contribution is 2.37. The molecule has 2 aromatic carbocycles. The Hall–Kier alpha value is -1.90. The summed E-state index contributed by atoms with van der Waals surface area (Å²) in [6.07, 6.45) is 0.273. The molecule has 1 fully saturated rings. The van der Waals surface area contributed by atoms with Crippen LogP contribution in [-0.4, -0.2) is 49.2 Å². The van der Waals surface area contributed by atoms with Crippen molar-refractivity contribution in [3.05, 3.63) is 65.5 Å². The van der Waals surface area contributed by atoms with Crippen molar-refractivity contribution in [2.45, 2.75) is 36.2 Å². The second-order valence-electron chi connectivity index (χ2n) is 7.48. The second kappa shape index (κ2) is 7.17. The Morgan fingerprint density at radius 1 is 1.07 bits per heavy atom. The lowest BCUT2D eigenvalue weighted by Gasteiger charge is -2.33. The largest absolute Gasteiger partial charge is 0.297 e. The summed E-state index contributed by atoms with van der Waals surface area (Å²) in [6.45, 7) is 0.637. The molecule has 0 unspecified atom stereocenters. The average Bonchev–Trinajstić information content (AvgIpc) is 2.96. The number of sulfonamides is 1. The molecule has 1 saturated heterocycles. The van der Waals surface area contributed by atoms with Gasteiger partial charge in [-0.3, -0.25) is 4.90 Å². The fraction of sp³-hybridized carbons (Fsp3) is 0.400. The average molecular weight is 410 g/mol. The number of halogens is 3. The van der Waals surface area contributed by atoms with Gasteiger partial charge in [-0.15, -0.1) is 0 Å². The maximum absolute atomic E-state index is 14.2. The van der Waals surface area contributed by atoms with Crippen LogP contribution in [0.3, 0.4) is 0 Å². The molecule has 1 atom stereocenters. The molecule has 150 valence electrons. The van der Waals surface area contributed by atoms with Crippen LogP contribution in [0, 0.1) is 5.82 Å². The minimum Gasteiger partial charge on any atom is -0.297 e. The third kappa shape index (κ3) is 3.81. The normalized spacial score (nSPS) is 22.9. The zero-order valence-corrected chi connectivity index (χ0v) is 16.0. The quantitative estimate of drug-likeness (QED) is 0.777. The molecule has 2 aromatic rings. The van der Waals surface area contributed by atoms with E-state index in [0.29, 0.717) is 13.1 Å². The van der Waals surface area contributed by atoms with Gasteiger partial charge in [0.1, 0.15) is 5.82 Å². The molecule has 0 radical (unpaired) electrons. The van der Waals surface area contributed by atoms with Gasteiger partial charge in [0.25, 0.3) is 5.92 Å². The van der Waals surface area contributed by atoms with E-state index in [1.807, 2.05) is 23.1 Å². The van der Waals surface area contributed by atoms with Crippen molar-refractivity contribution in [3.8, 4) is 0 Å². The molecule has 2 aliphatic rings. The van der Waals surface area contributed by atoms with E-state index in [4.69, 9.17) is 0 Å². The van der Waals surface area contributed by atoms with Gasteiger partial charge < -0.3 is 0 Å². The number of benzene rings is 2. The minimum atomic E-state index is -4.21. The predicted molar refractivity (Wildman–Crippen MR) is 99.1 cm³/mol. The fourth-order valence-electron chi connectivity index (χ4n) is 4.08. The topological polar surface area (TPSA) is 40.6 Å². The molecule has 0 aliphatic carbocycles. The first-order valence-corrected chi connectivity index (χ1v) is 10.6. The number of rotatable bonds is 4. The lowest BCUT2D eigenvalue weighted by Crippen LogP contribution is -2.44. The SMILES string of the molecule is O=S(=O)(c1cccc(F)c1)N1CC(F)(F)C[C@H]1CN1CCc2ccccc2C1. The smallest absolute Gasteiger partial charge is 0.263 e. The van der Waals surface area contributed by atoms with E-state index in [9.17, 15) is 21.6 Å². The van der Waals surface area contributed by atoms with Crippen molar-refractivity contribution in [2.24, 2.45) is 0 Å². The summed E-state index contributed by atoms with van der Waals surface area (Å²) in [7, 11) is -4.21. The zero-order chi connectivity index (χ0) is 19.9. The monoisotopic (exact) mass is 410 g/mol. The maximum Gasteiger partial charge on any atom is 0.263 e. The van der Waals surface area contributed by atoms with Crippen LogP contribution >= 0.6 is 0 Å². The van der Waals surface area contributed by atoms with E-state index >= 15 is 0 Å². The Morgan fingerprint density at radius 2 is 1.82 bits per heavy atom. The van der Waals surface area contributed by atoms with E-state index in [1.165, 1.54) is 17.7 Å². The van der Waals surface area contributed by atoms with Gasteiger partial charge in [-0.1, -0.05) is 30.3 Å². The van der Waals surface area contributed by atoms with Gasteiger partial charge >= 0.3 is 0 Å². The van der Waals surface area contributed by atoms with Crippen molar-refractivity contribution in [2.75, 3.05) is 19.6 Å². The number of fused-ring (bicyclic) bond motifs is 1. The molecule has 0 spiro atoms. The highest BCUT2D eigenvalue weighted by molar-refractivity contribution is 7.89. The van der Waals surface area contributed by atoms with Crippen LogP contribution < -0.4 is 0 Å². The van der Waals surface area contributed by atoms with E-state index in [1.54, 1.807) is 0 Å². The Labute approximate surface area is 162 Å². The molecule has 0 aromatic heterocycles. The third-order valence-corrected chi connectivity index (χ3v) is 7.30. The summed E-state index contributed by atoms with van der Waals surface area (Å²) in [6, 6.07) is 11.6. The summed E-state index contributed by atoms with van der Waals surface area (Å²) in [4.78, 5) is 1.72. The van der Waals surface area contributed by atoms with Crippen LogP contribution in [-0.2, 0) is 23.0 Å². The zero-order valence-electron chi connectivity index (χ0n) is 15.2. The molecule has 0 saturated carbocycles. The summed E-state index contributed by atoms with van der Waals surface area (Å²) in [5, 5.41) is 0. The Morgan fingerprint density at radius 3 is 2.57 bits per heavy atom. The number of hydrogen-bond acceptors (Lipinski definition) is 3. The molecule has 0 N–H and O–H groups in total. The molecule has 0 amide bonds. The molecule has 28 heavy (non-hydrogen) atoms. The van der Waals surface area contributed by atoms with Gasteiger partial charge in [-0.05, 0) is 35.7 Å². The summed E-state index contributed by atoms with van der Waals surface area (Å²) in [5.74, 6) is -3.81. The van der Waals surface area contributed by atoms with Crippen molar-refractivity contribution < 1.29 is 21.6 Å². The van der Waals surface area contributed by atoms with Gasteiger partial charge in [0.15, 0.2) is 0 Å². The van der Waals surface area contributed by atoms with Gasteiger partial charge in [0, 0.05) is 32.1 Å². The van der Waals surface area contributed by atoms with Crippen molar-refractivity contribution in [3.63, 3.8) is 0 Å². The second-order valence-corrected chi connectivity index (χ2v) is 9.37. The van der Waals surface area contributed by atoms with Gasteiger partial charge in [-0.2, -0.15) is 4.31 Å². The number of alkyl halides is 2. The van der Waals surface area contributed by atoms with Crippen molar-refractivity contribution in [1.29, 1.82) is 0 Å². The fourth-order valence-corrected chi connectivity index (χ4v) is 5.75. The lowest BCUT2D eigenvalue weighted by molar-refractivity contribution is 0.0165. The van der Waals surface area contributed by atoms with E-state index in [0.717, 1.165) is 28.4 Å². The summed E-state index contributed by atoms with van der Waals surface area (Å²) >= 11 is 0. The lowest BCUT2D eigenvalue weighted by atomic mass is 9.99. The minimum absolute atomic E-state index is 0.221. The molecular formula is C20H21F3N2O2S. The number of nitrogens with zero attached hydrogens (tertiary/aromatic N) is 2. The van der Waals surface area contributed by atoms with Crippen LogP contribution in [0.4, 0.5) is 13.2 Å². The van der Waals surface area contributed by atoms with Crippen LogP contribution in [0.5, 0.6) is 0 Å². The molecular weight excluding hydrogens is 389 g/mol. The van der Waals surface area contributed by atoms with Crippen LogP contribution in [0.1, 0.15) is 17.5 Å². The molecule has 4 rings (SSSR count). The predicted octanol–water partition coefficient (Wildman–Crippen LogP) is 3.28. The molecule has 4 nitrogen and oxygen atoms in total. The Kier molecular flexibility index (Phi) is 4.97. The van der Waals surface area contributed by atoms with Gasteiger partial charge in [0.2, 0.25) is 10.0 Å². The van der Waals surface area contributed by atoms with Crippen LogP contribution in [0.15, 0.2) is 53.4 Å². The van der Waals surface area contributed by atoms with Crippen molar-refractivity contribution in [1.82, 2.24) is 9.21 Å². The van der Waals surface area contributed by atoms with Gasteiger partial charge in [0.05, 0.1) is 11.4 Å². The molecule has 8 heteroatoms. The van der Waals surface area contributed by atoms with E-state index in [-0.39, 0.29) is 11.4 Å². The van der Waals surface area contributed by atoms with Crippen LogP contribution in [0.25, 0.3) is 0 Å².